The lowest BCUT2D eigenvalue weighted by Gasteiger charge is -2.27. The molecule has 3 amide bonds. The zero-order valence-electron chi connectivity index (χ0n) is 21.7. The van der Waals surface area contributed by atoms with E-state index in [1.165, 1.54) is 42.1 Å². The number of amides is 3. The van der Waals surface area contributed by atoms with Gasteiger partial charge in [0.25, 0.3) is 11.8 Å². The second-order valence-electron chi connectivity index (χ2n) is 8.39. The summed E-state index contributed by atoms with van der Waals surface area (Å²) in [6.07, 6.45) is 4.18. The minimum absolute atomic E-state index is 0.155. The molecule has 1 aliphatic rings. The lowest BCUT2D eigenvalue weighted by atomic mass is 10.1. The molecule has 0 aliphatic carbocycles. The molecule has 37 heavy (non-hydrogen) atoms. The molecule has 0 spiro atoms. The van der Waals surface area contributed by atoms with Crippen molar-refractivity contribution in [3.8, 4) is 17.2 Å². The fraction of sp³-hybridized carbons (Fsp3) is 0.440. The zero-order valence-corrected chi connectivity index (χ0v) is 22.4. The quantitative estimate of drug-likeness (QED) is 0.465. The number of carbonyl (C=O) groups excluding carboxylic acids is 3. The molecule has 0 bridgehead atoms. The van der Waals surface area contributed by atoms with Gasteiger partial charge in [-0.15, -0.1) is 0 Å². The van der Waals surface area contributed by atoms with Crippen molar-refractivity contribution in [2.24, 2.45) is 7.05 Å². The average molecular weight is 534 g/mol. The van der Waals surface area contributed by atoms with Crippen LogP contribution in [0.5, 0.6) is 17.2 Å². The highest BCUT2D eigenvalue weighted by atomic mass is 35.5. The number of carbonyl (C=O) groups is 3. The number of rotatable bonds is 10. The van der Waals surface area contributed by atoms with Crippen LogP contribution in [-0.4, -0.2) is 78.5 Å². The SMILES string of the molecule is COc1cc(CCC(=O)NCC(=O)N2CCCN2C(=O)/C=C/c2c(C)nn(C)c2Cl)cc(OC)c1OC. The minimum atomic E-state index is -0.365. The first-order chi connectivity index (χ1) is 17.7. The summed E-state index contributed by atoms with van der Waals surface area (Å²) in [5.41, 5.74) is 2.16. The van der Waals surface area contributed by atoms with Crippen molar-refractivity contribution in [1.82, 2.24) is 25.1 Å². The van der Waals surface area contributed by atoms with Crippen molar-refractivity contribution in [3.05, 3.63) is 40.2 Å². The van der Waals surface area contributed by atoms with Gasteiger partial charge in [0.1, 0.15) is 5.15 Å². The summed E-state index contributed by atoms with van der Waals surface area (Å²) in [4.78, 5) is 38.0. The van der Waals surface area contributed by atoms with Gasteiger partial charge in [0.15, 0.2) is 11.5 Å². The Hall–Kier alpha value is -3.73. The van der Waals surface area contributed by atoms with E-state index in [1.54, 1.807) is 32.2 Å². The van der Waals surface area contributed by atoms with Crippen LogP contribution in [0.25, 0.3) is 6.08 Å². The van der Waals surface area contributed by atoms with Crippen LogP contribution in [0.1, 0.15) is 29.7 Å². The molecule has 3 rings (SSSR count). The topological polar surface area (TPSA) is 115 Å². The molecule has 2 heterocycles. The van der Waals surface area contributed by atoms with E-state index in [-0.39, 0.29) is 30.7 Å². The second kappa shape index (κ2) is 12.5. The number of ether oxygens (including phenoxy) is 3. The molecule has 1 aromatic carbocycles. The molecule has 1 N–H and O–H groups in total. The first-order valence-electron chi connectivity index (χ1n) is 11.7. The van der Waals surface area contributed by atoms with Gasteiger partial charge in [-0.1, -0.05) is 11.6 Å². The van der Waals surface area contributed by atoms with E-state index in [1.807, 2.05) is 0 Å². The van der Waals surface area contributed by atoms with Crippen LogP contribution in [0.3, 0.4) is 0 Å². The molecule has 12 heteroatoms. The highest BCUT2D eigenvalue weighted by Crippen LogP contribution is 2.38. The smallest absolute Gasteiger partial charge is 0.265 e. The summed E-state index contributed by atoms with van der Waals surface area (Å²) >= 11 is 6.22. The predicted octanol–water partition coefficient (Wildman–Crippen LogP) is 2.15. The number of aromatic nitrogens is 2. The van der Waals surface area contributed by atoms with Gasteiger partial charge in [0.05, 0.1) is 33.6 Å². The normalized spacial score (nSPS) is 13.2. The number of aryl methyl sites for hydroxylation is 3. The molecule has 200 valence electrons. The van der Waals surface area contributed by atoms with Crippen molar-refractivity contribution >= 4 is 35.4 Å². The van der Waals surface area contributed by atoms with E-state index < -0.39 is 0 Å². The Labute approximate surface area is 220 Å². The number of nitrogens with zero attached hydrogens (tertiary/aromatic N) is 4. The summed E-state index contributed by atoms with van der Waals surface area (Å²) < 4.78 is 17.5. The Morgan fingerprint density at radius 2 is 1.73 bits per heavy atom. The van der Waals surface area contributed by atoms with E-state index >= 15 is 0 Å². The molecule has 1 saturated heterocycles. The van der Waals surface area contributed by atoms with Gasteiger partial charge in [-0.2, -0.15) is 5.10 Å². The third-order valence-electron chi connectivity index (χ3n) is 5.96. The summed E-state index contributed by atoms with van der Waals surface area (Å²) in [5, 5.41) is 10.0. The van der Waals surface area contributed by atoms with Crippen molar-refractivity contribution < 1.29 is 28.6 Å². The van der Waals surface area contributed by atoms with Gasteiger partial charge >= 0.3 is 0 Å². The maximum absolute atomic E-state index is 12.8. The molecule has 0 saturated carbocycles. The molecular formula is C25H32ClN5O6. The highest BCUT2D eigenvalue weighted by Gasteiger charge is 2.29. The number of halogens is 1. The van der Waals surface area contributed by atoms with E-state index in [2.05, 4.69) is 10.4 Å². The number of hydrogen-bond donors (Lipinski definition) is 1. The van der Waals surface area contributed by atoms with E-state index in [4.69, 9.17) is 25.8 Å². The van der Waals surface area contributed by atoms with Gasteiger partial charge in [-0.05, 0) is 43.5 Å². The number of hydrazine groups is 1. The molecule has 11 nitrogen and oxygen atoms in total. The highest BCUT2D eigenvalue weighted by molar-refractivity contribution is 6.31. The van der Waals surface area contributed by atoms with Crippen LogP contribution in [0.2, 0.25) is 5.15 Å². The minimum Gasteiger partial charge on any atom is -0.493 e. The number of methoxy groups -OCH3 is 3. The van der Waals surface area contributed by atoms with Crippen LogP contribution in [0, 0.1) is 6.92 Å². The zero-order chi connectivity index (χ0) is 27.1. The molecule has 1 fully saturated rings. The Balaban J connectivity index is 1.54. The fourth-order valence-corrected chi connectivity index (χ4v) is 4.31. The Kier molecular flexibility index (Phi) is 9.40. The van der Waals surface area contributed by atoms with E-state index in [0.717, 1.165) is 5.56 Å². The summed E-state index contributed by atoms with van der Waals surface area (Å²) in [6, 6.07) is 3.56. The Morgan fingerprint density at radius 3 is 2.30 bits per heavy atom. The molecule has 1 aromatic heterocycles. The maximum atomic E-state index is 12.8. The second-order valence-corrected chi connectivity index (χ2v) is 8.75. The summed E-state index contributed by atoms with van der Waals surface area (Å²) in [5.74, 6) is 0.472. The lowest BCUT2D eigenvalue weighted by molar-refractivity contribution is -0.154. The molecule has 0 atom stereocenters. The lowest BCUT2D eigenvalue weighted by Crippen LogP contribution is -2.48. The van der Waals surface area contributed by atoms with Crippen LogP contribution < -0.4 is 19.5 Å². The molecule has 0 unspecified atom stereocenters. The first-order valence-corrected chi connectivity index (χ1v) is 12.1. The van der Waals surface area contributed by atoms with Gasteiger partial charge in [-0.3, -0.25) is 19.1 Å². The Morgan fingerprint density at radius 1 is 1.08 bits per heavy atom. The molecular weight excluding hydrogens is 502 g/mol. The van der Waals surface area contributed by atoms with Crippen molar-refractivity contribution in [1.29, 1.82) is 0 Å². The molecule has 2 aromatic rings. The van der Waals surface area contributed by atoms with Crippen LogP contribution in [-0.2, 0) is 27.9 Å². The average Bonchev–Trinajstić information content (AvgIpc) is 3.48. The standard InChI is InChI=1S/C25H32ClN5O6/c1-16-18(25(26)29(2)28-16)8-10-22(33)30-11-6-12-31(30)23(34)15-27-21(32)9-7-17-13-19(35-3)24(37-5)20(14-17)36-4/h8,10,13-14H,6-7,9,11-12,15H2,1-5H3,(H,27,32)/b10-8+. The monoisotopic (exact) mass is 533 g/mol. The van der Waals surface area contributed by atoms with Gasteiger partial charge in [0, 0.05) is 38.2 Å². The predicted molar refractivity (Wildman–Crippen MR) is 137 cm³/mol. The third kappa shape index (κ3) is 6.53. The third-order valence-corrected chi connectivity index (χ3v) is 6.41. The number of benzene rings is 1. The number of hydrogen-bond acceptors (Lipinski definition) is 7. The molecule has 1 aliphatic heterocycles. The van der Waals surface area contributed by atoms with Crippen molar-refractivity contribution in [2.45, 2.75) is 26.2 Å². The van der Waals surface area contributed by atoms with Crippen molar-refractivity contribution in [3.63, 3.8) is 0 Å². The van der Waals surface area contributed by atoms with E-state index in [9.17, 15) is 14.4 Å². The first kappa shape index (κ1) is 27.9. The van der Waals surface area contributed by atoms with Crippen LogP contribution in [0.15, 0.2) is 18.2 Å². The van der Waals surface area contributed by atoms with Crippen LogP contribution >= 0.6 is 11.6 Å². The Bertz CT molecular complexity index is 1170. The summed E-state index contributed by atoms with van der Waals surface area (Å²) in [7, 11) is 6.29. The summed E-state index contributed by atoms with van der Waals surface area (Å²) in [6.45, 7) is 2.39. The van der Waals surface area contributed by atoms with Gasteiger partial charge < -0.3 is 19.5 Å². The van der Waals surface area contributed by atoms with E-state index in [0.29, 0.717) is 59.6 Å². The van der Waals surface area contributed by atoms with Crippen LogP contribution in [0.4, 0.5) is 0 Å². The largest absolute Gasteiger partial charge is 0.493 e. The maximum Gasteiger partial charge on any atom is 0.265 e. The fourth-order valence-electron chi connectivity index (χ4n) is 4.07. The van der Waals surface area contributed by atoms with Gasteiger partial charge in [0.2, 0.25) is 11.7 Å². The number of nitrogens with one attached hydrogen (secondary N) is 1. The molecule has 0 radical (unpaired) electrons. The van der Waals surface area contributed by atoms with Gasteiger partial charge in [-0.25, -0.2) is 10.0 Å². The van der Waals surface area contributed by atoms with Crippen molar-refractivity contribution in [2.75, 3.05) is 41.0 Å².